The minimum atomic E-state index is -0.601. The van der Waals surface area contributed by atoms with Gasteiger partial charge in [-0.25, -0.2) is 9.97 Å². The van der Waals surface area contributed by atoms with E-state index in [1.165, 1.54) is 11.8 Å². The van der Waals surface area contributed by atoms with Gasteiger partial charge in [0.1, 0.15) is 17.2 Å². The molecule has 128 valence electrons. The molecule has 0 aliphatic carbocycles. The van der Waals surface area contributed by atoms with Crippen molar-refractivity contribution < 1.29 is 4.79 Å². The molecule has 0 saturated heterocycles. The van der Waals surface area contributed by atoms with Crippen LogP contribution in [0.2, 0.25) is 10.0 Å². The lowest BCUT2D eigenvalue weighted by molar-refractivity contribution is 0.100. The van der Waals surface area contributed by atoms with Crippen LogP contribution in [-0.4, -0.2) is 36.2 Å². The van der Waals surface area contributed by atoms with Crippen LogP contribution >= 0.6 is 35.0 Å². The molecule has 9 heteroatoms. The number of nitrogens with two attached hydrogens (primary N) is 1. The Bertz CT molecular complexity index is 770. The second-order valence-electron chi connectivity index (χ2n) is 5.11. The molecule has 0 saturated carbocycles. The van der Waals surface area contributed by atoms with Gasteiger partial charge in [-0.05, 0) is 24.0 Å². The number of halogens is 2. The van der Waals surface area contributed by atoms with Crippen LogP contribution in [-0.2, 0) is 6.54 Å². The highest BCUT2D eigenvalue weighted by molar-refractivity contribution is 7.98. The molecule has 0 aliphatic rings. The largest absolute Gasteiger partial charge is 0.365 e. The van der Waals surface area contributed by atoms with E-state index in [4.69, 9.17) is 28.9 Å². The lowest BCUT2D eigenvalue weighted by atomic mass is 10.2. The van der Waals surface area contributed by atoms with Gasteiger partial charge in [-0.3, -0.25) is 4.79 Å². The number of thioether (sulfide) groups is 1. The number of rotatable bonds is 6. The Balaban J connectivity index is 2.40. The number of carbonyl (C=O) groups is 1. The third-order valence-electron chi connectivity index (χ3n) is 3.18. The fraction of sp³-hybridized carbons (Fsp3) is 0.267. The first kappa shape index (κ1) is 18.6. The van der Waals surface area contributed by atoms with E-state index < -0.39 is 5.91 Å². The molecular weight excluding hydrogens is 369 g/mol. The molecule has 3 N–H and O–H groups in total. The monoisotopic (exact) mass is 385 g/mol. The summed E-state index contributed by atoms with van der Waals surface area (Å²) < 4.78 is 0. The van der Waals surface area contributed by atoms with E-state index in [2.05, 4.69) is 15.3 Å². The molecule has 0 bridgehead atoms. The van der Waals surface area contributed by atoms with E-state index in [0.29, 0.717) is 33.4 Å². The van der Waals surface area contributed by atoms with Crippen LogP contribution in [0.1, 0.15) is 15.9 Å². The van der Waals surface area contributed by atoms with Gasteiger partial charge in [0.05, 0.1) is 0 Å². The minimum absolute atomic E-state index is 0.239. The van der Waals surface area contributed by atoms with E-state index in [9.17, 15) is 4.79 Å². The number of aromatic nitrogens is 2. The molecule has 1 amide bonds. The number of amides is 1. The first-order valence-electron chi connectivity index (χ1n) is 6.94. The predicted molar refractivity (Wildman–Crippen MR) is 100 cm³/mol. The number of nitrogens with one attached hydrogen (secondary N) is 1. The number of carbonyl (C=O) groups excluding carboxylic acids is 1. The number of hydrogen-bond acceptors (Lipinski definition) is 6. The number of benzene rings is 1. The van der Waals surface area contributed by atoms with E-state index in [1.807, 2.05) is 12.3 Å². The Morgan fingerprint density at radius 2 is 2.04 bits per heavy atom. The quantitative estimate of drug-likeness (QED) is 0.586. The van der Waals surface area contributed by atoms with Gasteiger partial charge >= 0.3 is 0 Å². The van der Waals surface area contributed by atoms with Crippen LogP contribution in [0, 0.1) is 0 Å². The summed E-state index contributed by atoms with van der Waals surface area (Å²) in [6.45, 7) is 0.369. The molecule has 0 unspecified atom stereocenters. The maximum Gasteiger partial charge on any atom is 0.256 e. The molecule has 0 fully saturated rings. The van der Waals surface area contributed by atoms with Gasteiger partial charge in [-0.1, -0.05) is 41.0 Å². The molecule has 1 aromatic heterocycles. The standard InChI is InChI=1S/C15H17Cl2N5OS/c1-22(2)14-11(12(18)23)13(20-15(21-14)24-3)19-7-8-4-5-9(16)6-10(8)17/h4-6H,7H2,1-3H3,(H2,18,23)(H,19,20,21). The third-order valence-corrected chi connectivity index (χ3v) is 4.32. The van der Waals surface area contributed by atoms with E-state index in [1.54, 1.807) is 31.1 Å². The first-order valence-corrected chi connectivity index (χ1v) is 8.92. The SMILES string of the molecule is CSc1nc(NCc2ccc(Cl)cc2Cl)c(C(N)=O)c(N(C)C)n1. The zero-order valence-electron chi connectivity index (χ0n) is 13.4. The highest BCUT2D eigenvalue weighted by atomic mass is 35.5. The number of anilines is 2. The Morgan fingerprint density at radius 3 is 2.58 bits per heavy atom. The molecule has 0 spiro atoms. The molecule has 2 aromatic rings. The van der Waals surface area contributed by atoms with Crippen molar-refractivity contribution >= 4 is 52.5 Å². The Labute approximate surface area is 154 Å². The molecule has 1 heterocycles. The van der Waals surface area contributed by atoms with E-state index >= 15 is 0 Å². The minimum Gasteiger partial charge on any atom is -0.365 e. The summed E-state index contributed by atoms with van der Waals surface area (Å²) in [6, 6.07) is 5.22. The summed E-state index contributed by atoms with van der Waals surface area (Å²) in [7, 11) is 3.58. The maximum atomic E-state index is 11.9. The lowest BCUT2D eigenvalue weighted by Gasteiger charge is -2.18. The fourth-order valence-electron chi connectivity index (χ4n) is 2.04. The Morgan fingerprint density at radius 1 is 1.33 bits per heavy atom. The summed E-state index contributed by atoms with van der Waals surface area (Å²) in [5.74, 6) is 0.235. The first-order chi connectivity index (χ1) is 11.3. The molecule has 2 rings (SSSR count). The molecular formula is C15H17Cl2N5OS. The second-order valence-corrected chi connectivity index (χ2v) is 6.72. The van der Waals surface area contributed by atoms with Crippen molar-refractivity contribution in [3.05, 3.63) is 39.4 Å². The average molecular weight is 386 g/mol. The predicted octanol–water partition coefficient (Wildman–Crippen LogP) is 3.28. The van der Waals surface area contributed by atoms with Crippen LogP contribution < -0.4 is 16.0 Å². The van der Waals surface area contributed by atoms with Gasteiger partial charge in [0.25, 0.3) is 5.91 Å². The van der Waals surface area contributed by atoms with Gasteiger partial charge in [-0.2, -0.15) is 0 Å². The van der Waals surface area contributed by atoms with Crippen molar-refractivity contribution in [2.45, 2.75) is 11.7 Å². The summed E-state index contributed by atoms with van der Waals surface area (Å²) in [5.41, 5.74) is 6.59. The molecule has 0 atom stereocenters. The van der Waals surface area contributed by atoms with Crippen molar-refractivity contribution in [1.82, 2.24) is 9.97 Å². The van der Waals surface area contributed by atoms with Gasteiger partial charge in [0.15, 0.2) is 5.16 Å². The Kier molecular flexibility index (Phi) is 6.15. The van der Waals surface area contributed by atoms with Crippen LogP contribution in [0.25, 0.3) is 0 Å². The number of hydrogen-bond donors (Lipinski definition) is 2. The second kappa shape index (κ2) is 7.92. The summed E-state index contributed by atoms with van der Waals surface area (Å²) in [5, 5.41) is 4.75. The van der Waals surface area contributed by atoms with Gasteiger partial charge in [0.2, 0.25) is 0 Å². The van der Waals surface area contributed by atoms with Crippen molar-refractivity contribution in [2.24, 2.45) is 5.73 Å². The Hall–Kier alpha value is -1.70. The van der Waals surface area contributed by atoms with Gasteiger partial charge in [0, 0.05) is 30.7 Å². The topological polar surface area (TPSA) is 84.1 Å². The normalized spacial score (nSPS) is 10.5. The van der Waals surface area contributed by atoms with Crippen molar-refractivity contribution in [3.63, 3.8) is 0 Å². The van der Waals surface area contributed by atoms with Crippen molar-refractivity contribution in [1.29, 1.82) is 0 Å². The van der Waals surface area contributed by atoms with Gasteiger partial charge in [-0.15, -0.1) is 0 Å². The summed E-state index contributed by atoms with van der Waals surface area (Å²) in [6.07, 6.45) is 1.86. The zero-order valence-corrected chi connectivity index (χ0v) is 15.8. The van der Waals surface area contributed by atoms with Crippen molar-refractivity contribution in [3.8, 4) is 0 Å². The highest BCUT2D eigenvalue weighted by Crippen LogP contribution is 2.27. The highest BCUT2D eigenvalue weighted by Gasteiger charge is 2.20. The fourth-order valence-corrected chi connectivity index (χ4v) is 2.88. The number of nitrogens with zero attached hydrogens (tertiary/aromatic N) is 3. The molecule has 24 heavy (non-hydrogen) atoms. The lowest BCUT2D eigenvalue weighted by Crippen LogP contribution is -2.23. The molecule has 0 aliphatic heterocycles. The van der Waals surface area contributed by atoms with Crippen LogP contribution in [0.5, 0.6) is 0 Å². The van der Waals surface area contributed by atoms with Gasteiger partial charge < -0.3 is 16.0 Å². The zero-order chi connectivity index (χ0) is 17.9. The smallest absolute Gasteiger partial charge is 0.256 e. The van der Waals surface area contributed by atoms with Crippen LogP contribution in [0.4, 0.5) is 11.6 Å². The van der Waals surface area contributed by atoms with Crippen molar-refractivity contribution in [2.75, 3.05) is 30.6 Å². The van der Waals surface area contributed by atoms with Crippen LogP contribution in [0.3, 0.4) is 0 Å². The van der Waals surface area contributed by atoms with Crippen LogP contribution in [0.15, 0.2) is 23.4 Å². The summed E-state index contributed by atoms with van der Waals surface area (Å²) >= 11 is 13.5. The third kappa shape index (κ3) is 4.23. The number of primary amides is 1. The van der Waals surface area contributed by atoms with E-state index in [-0.39, 0.29) is 5.56 Å². The van der Waals surface area contributed by atoms with E-state index in [0.717, 1.165) is 5.56 Å². The molecule has 1 aromatic carbocycles. The average Bonchev–Trinajstić information content (AvgIpc) is 2.52. The molecule has 6 nitrogen and oxygen atoms in total. The molecule has 0 radical (unpaired) electrons. The summed E-state index contributed by atoms with van der Waals surface area (Å²) in [4.78, 5) is 22.3. The maximum absolute atomic E-state index is 11.9.